The lowest BCUT2D eigenvalue weighted by molar-refractivity contribution is 0.441. The van der Waals surface area contributed by atoms with Crippen LogP contribution in [0.5, 0.6) is 11.5 Å². The molecule has 0 aliphatic heterocycles. The lowest BCUT2D eigenvalue weighted by Gasteiger charge is -2.10. The highest BCUT2D eigenvalue weighted by atomic mass is 79.9. The molecule has 2 aromatic rings. The number of halogens is 2. The van der Waals surface area contributed by atoms with Crippen molar-refractivity contribution >= 4 is 15.9 Å². The molecule has 0 aliphatic rings. The summed E-state index contributed by atoms with van der Waals surface area (Å²) in [5, 5.41) is 0. The van der Waals surface area contributed by atoms with Crippen LogP contribution in [0.2, 0.25) is 0 Å². The molecule has 0 saturated carbocycles. The van der Waals surface area contributed by atoms with Crippen molar-refractivity contribution in [1.29, 1.82) is 0 Å². The summed E-state index contributed by atoms with van der Waals surface area (Å²) >= 11 is 3.33. The fourth-order valence-electron chi connectivity index (χ4n) is 1.51. The summed E-state index contributed by atoms with van der Waals surface area (Å²) in [6, 6.07) is 11.8. The Bertz CT molecular complexity index is 540. The Morgan fingerprint density at radius 1 is 1.17 bits per heavy atom. The molecule has 2 nitrogen and oxygen atoms in total. The molecule has 2 rings (SSSR count). The predicted molar refractivity (Wildman–Crippen MR) is 73.2 cm³/mol. The average molecular weight is 310 g/mol. The monoisotopic (exact) mass is 309 g/mol. The minimum Gasteiger partial charge on any atom is -0.454 e. The minimum absolute atomic E-state index is 0.193. The third-order valence-electron chi connectivity index (χ3n) is 2.52. The number of rotatable bonds is 3. The van der Waals surface area contributed by atoms with Crippen LogP contribution in [0.3, 0.4) is 0 Å². The van der Waals surface area contributed by atoms with Gasteiger partial charge in [-0.2, -0.15) is 0 Å². The fourth-order valence-corrected chi connectivity index (χ4v) is 1.78. The molecule has 0 fully saturated rings. The maximum atomic E-state index is 13.8. The van der Waals surface area contributed by atoms with Gasteiger partial charge in [-0.05, 0) is 48.9 Å². The van der Waals surface area contributed by atoms with E-state index in [4.69, 9.17) is 10.5 Å². The maximum absolute atomic E-state index is 13.8. The van der Waals surface area contributed by atoms with Crippen molar-refractivity contribution < 1.29 is 9.13 Å². The molecule has 18 heavy (non-hydrogen) atoms. The number of hydrogen-bond donors (Lipinski definition) is 1. The standard InChI is InChI=1S/C14H13BrFNO/c1-9(17)10-2-7-14(13(16)8-10)18-12-5-3-11(15)4-6-12/h2-9H,17H2,1H3/t9-/m0/s1. The van der Waals surface area contributed by atoms with E-state index in [-0.39, 0.29) is 11.8 Å². The second kappa shape index (κ2) is 5.50. The first-order valence-corrected chi connectivity index (χ1v) is 6.34. The van der Waals surface area contributed by atoms with E-state index >= 15 is 0 Å². The summed E-state index contributed by atoms with van der Waals surface area (Å²) in [6.45, 7) is 1.81. The Balaban J connectivity index is 2.22. The van der Waals surface area contributed by atoms with Crippen molar-refractivity contribution in [2.75, 3.05) is 0 Å². The maximum Gasteiger partial charge on any atom is 0.166 e. The third kappa shape index (κ3) is 3.09. The smallest absolute Gasteiger partial charge is 0.166 e. The SMILES string of the molecule is C[C@H](N)c1ccc(Oc2ccc(Br)cc2)c(F)c1. The summed E-state index contributed by atoms with van der Waals surface area (Å²) in [7, 11) is 0. The topological polar surface area (TPSA) is 35.2 Å². The molecule has 94 valence electrons. The van der Waals surface area contributed by atoms with E-state index in [1.807, 2.05) is 19.1 Å². The molecule has 0 aliphatic carbocycles. The van der Waals surface area contributed by atoms with Gasteiger partial charge in [0.15, 0.2) is 11.6 Å². The predicted octanol–water partition coefficient (Wildman–Crippen LogP) is 4.40. The molecule has 0 radical (unpaired) electrons. The quantitative estimate of drug-likeness (QED) is 0.912. The summed E-state index contributed by atoms with van der Waals surface area (Å²) in [4.78, 5) is 0. The van der Waals surface area contributed by atoms with Gasteiger partial charge in [-0.1, -0.05) is 22.0 Å². The molecule has 0 heterocycles. The van der Waals surface area contributed by atoms with Crippen molar-refractivity contribution in [2.24, 2.45) is 5.73 Å². The van der Waals surface area contributed by atoms with Gasteiger partial charge in [-0.3, -0.25) is 0 Å². The Labute approximate surface area is 114 Å². The van der Waals surface area contributed by atoms with Gasteiger partial charge in [0.05, 0.1) is 0 Å². The Morgan fingerprint density at radius 2 is 1.83 bits per heavy atom. The zero-order valence-corrected chi connectivity index (χ0v) is 11.4. The average Bonchev–Trinajstić information content (AvgIpc) is 2.34. The first-order valence-electron chi connectivity index (χ1n) is 5.54. The van der Waals surface area contributed by atoms with Crippen molar-refractivity contribution in [3.8, 4) is 11.5 Å². The Hall–Kier alpha value is -1.39. The highest BCUT2D eigenvalue weighted by Crippen LogP contribution is 2.27. The Kier molecular flexibility index (Phi) is 3.99. The summed E-state index contributed by atoms with van der Waals surface area (Å²) in [5.41, 5.74) is 6.44. The van der Waals surface area contributed by atoms with Crippen LogP contribution < -0.4 is 10.5 Å². The molecule has 2 aromatic carbocycles. The second-order valence-electron chi connectivity index (χ2n) is 4.03. The highest BCUT2D eigenvalue weighted by molar-refractivity contribution is 9.10. The van der Waals surface area contributed by atoms with Crippen molar-refractivity contribution in [3.63, 3.8) is 0 Å². The fraction of sp³-hybridized carbons (Fsp3) is 0.143. The van der Waals surface area contributed by atoms with Gasteiger partial charge in [-0.15, -0.1) is 0 Å². The molecule has 0 bridgehead atoms. The molecule has 0 spiro atoms. The Morgan fingerprint density at radius 3 is 2.39 bits per heavy atom. The van der Waals surface area contributed by atoms with Crippen LogP contribution in [0.1, 0.15) is 18.5 Å². The molecule has 0 aromatic heterocycles. The lowest BCUT2D eigenvalue weighted by atomic mass is 10.1. The second-order valence-corrected chi connectivity index (χ2v) is 4.95. The lowest BCUT2D eigenvalue weighted by Crippen LogP contribution is -2.05. The zero-order chi connectivity index (χ0) is 13.1. The first kappa shape index (κ1) is 13.1. The van der Waals surface area contributed by atoms with Gasteiger partial charge in [0.25, 0.3) is 0 Å². The number of benzene rings is 2. The summed E-state index contributed by atoms with van der Waals surface area (Å²) in [6.07, 6.45) is 0. The molecule has 1 atom stereocenters. The van der Waals surface area contributed by atoms with E-state index in [9.17, 15) is 4.39 Å². The molecular weight excluding hydrogens is 297 g/mol. The van der Waals surface area contributed by atoms with E-state index in [1.165, 1.54) is 6.07 Å². The molecular formula is C14H13BrFNO. The minimum atomic E-state index is -0.410. The molecule has 0 amide bonds. The normalized spacial score (nSPS) is 12.2. The summed E-state index contributed by atoms with van der Waals surface area (Å²) in [5.74, 6) is 0.375. The summed E-state index contributed by atoms with van der Waals surface area (Å²) < 4.78 is 20.2. The molecule has 2 N–H and O–H groups in total. The van der Waals surface area contributed by atoms with Crippen LogP contribution in [0.25, 0.3) is 0 Å². The van der Waals surface area contributed by atoms with Gasteiger partial charge in [0.1, 0.15) is 5.75 Å². The number of nitrogens with two attached hydrogens (primary N) is 1. The van der Waals surface area contributed by atoms with Crippen LogP contribution >= 0.6 is 15.9 Å². The largest absolute Gasteiger partial charge is 0.454 e. The van der Waals surface area contributed by atoms with Crippen molar-refractivity contribution in [2.45, 2.75) is 13.0 Å². The van der Waals surface area contributed by atoms with Crippen molar-refractivity contribution in [3.05, 3.63) is 58.3 Å². The van der Waals surface area contributed by atoms with Crippen molar-refractivity contribution in [1.82, 2.24) is 0 Å². The van der Waals surface area contributed by atoms with E-state index in [0.29, 0.717) is 5.75 Å². The van der Waals surface area contributed by atoms with Crippen LogP contribution in [-0.4, -0.2) is 0 Å². The van der Waals surface area contributed by atoms with E-state index in [2.05, 4.69) is 15.9 Å². The van der Waals surface area contributed by atoms with E-state index < -0.39 is 5.82 Å². The van der Waals surface area contributed by atoms with E-state index in [1.54, 1.807) is 24.3 Å². The van der Waals surface area contributed by atoms with Crippen LogP contribution in [0, 0.1) is 5.82 Å². The van der Waals surface area contributed by atoms with Gasteiger partial charge in [-0.25, -0.2) is 4.39 Å². The van der Waals surface area contributed by atoms with Crippen LogP contribution in [0.4, 0.5) is 4.39 Å². The van der Waals surface area contributed by atoms with E-state index in [0.717, 1.165) is 10.0 Å². The number of hydrogen-bond acceptors (Lipinski definition) is 2. The van der Waals surface area contributed by atoms with Crippen LogP contribution in [-0.2, 0) is 0 Å². The zero-order valence-electron chi connectivity index (χ0n) is 9.86. The van der Waals surface area contributed by atoms with Gasteiger partial charge >= 0.3 is 0 Å². The van der Waals surface area contributed by atoms with Gasteiger partial charge in [0.2, 0.25) is 0 Å². The first-order chi connectivity index (χ1) is 8.56. The molecule has 0 unspecified atom stereocenters. The van der Waals surface area contributed by atoms with Gasteiger partial charge < -0.3 is 10.5 Å². The molecule has 4 heteroatoms. The number of ether oxygens (including phenoxy) is 1. The third-order valence-corrected chi connectivity index (χ3v) is 3.05. The van der Waals surface area contributed by atoms with Gasteiger partial charge in [0, 0.05) is 10.5 Å². The highest BCUT2D eigenvalue weighted by Gasteiger charge is 2.08. The van der Waals surface area contributed by atoms with Crippen LogP contribution in [0.15, 0.2) is 46.9 Å². The molecule has 0 saturated heterocycles.